The minimum Gasteiger partial charge on any atom is -0.296 e. The van der Waals surface area contributed by atoms with Gasteiger partial charge in [-0.2, -0.15) is 0 Å². The maximum Gasteiger partial charge on any atom is 0.257 e. The molecule has 136 valence electrons. The van der Waals surface area contributed by atoms with Crippen molar-refractivity contribution in [3.8, 4) is 0 Å². The van der Waals surface area contributed by atoms with Gasteiger partial charge in [-0.15, -0.1) is 10.2 Å². The summed E-state index contributed by atoms with van der Waals surface area (Å²) in [5.74, 6) is -0.496. The normalized spacial score (nSPS) is 14.3. The lowest BCUT2D eigenvalue weighted by Crippen LogP contribution is -2.28. The van der Waals surface area contributed by atoms with E-state index in [0.717, 1.165) is 22.7 Å². The average molecular weight is 372 g/mol. The first-order chi connectivity index (χ1) is 12.5. The van der Waals surface area contributed by atoms with Gasteiger partial charge in [-0.1, -0.05) is 31.3 Å². The molecule has 1 saturated heterocycles. The molecular weight excluding hydrogens is 352 g/mol. The number of rotatable bonds is 6. The third kappa shape index (κ3) is 3.65. The van der Waals surface area contributed by atoms with Crippen molar-refractivity contribution in [3.05, 3.63) is 34.8 Å². The molecule has 1 N–H and O–H groups in total. The van der Waals surface area contributed by atoms with Gasteiger partial charge in [-0.05, 0) is 31.0 Å². The van der Waals surface area contributed by atoms with Gasteiger partial charge in [0.05, 0.1) is 5.69 Å². The molecular formula is C18H20N4O3S. The summed E-state index contributed by atoms with van der Waals surface area (Å²) in [6.45, 7) is 4.19. The van der Waals surface area contributed by atoms with Gasteiger partial charge in [-0.3, -0.25) is 24.6 Å². The van der Waals surface area contributed by atoms with Gasteiger partial charge in [0.2, 0.25) is 16.9 Å². The first-order valence-electron chi connectivity index (χ1n) is 8.64. The average Bonchev–Trinajstić information content (AvgIpc) is 3.23. The first-order valence-corrected chi connectivity index (χ1v) is 9.45. The topological polar surface area (TPSA) is 92.3 Å². The molecule has 26 heavy (non-hydrogen) atoms. The maximum atomic E-state index is 12.5. The minimum atomic E-state index is -0.349. The Kier molecular flexibility index (Phi) is 5.41. The van der Waals surface area contributed by atoms with E-state index in [-0.39, 0.29) is 30.6 Å². The molecule has 0 atom stereocenters. The van der Waals surface area contributed by atoms with Gasteiger partial charge in [0.15, 0.2) is 0 Å². The Hall–Kier alpha value is -2.61. The van der Waals surface area contributed by atoms with Crippen LogP contribution in [-0.2, 0) is 9.59 Å². The van der Waals surface area contributed by atoms with Crippen molar-refractivity contribution < 1.29 is 14.4 Å². The molecule has 1 aromatic carbocycles. The van der Waals surface area contributed by atoms with E-state index < -0.39 is 0 Å². The summed E-state index contributed by atoms with van der Waals surface area (Å²) >= 11 is 1.37. The van der Waals surface area contributed by atoms with Crippen LogP contribution >= 0.6 is 11.3 Å². The molecule has 2 heterocycles. The first kappa shape index (κ1) is 18.2. The van der Waals surface area contributed by atoms with Crippen molar-refractivity contribution in [1.29, 1.82) is 0 Å². The molecule has 8 heteroatoms. The standard InChI is InChI=1S/C18H20N4O3S/c1-3-11(4-2)17-20-21-18(26-17)19-16(25)12-6-5-7-13(10-12)22-14(23)8-9-15(22)24/h5-7,10-11H,3-4,8-9H2,1-2H3,(H,19,21,25). The number of aromatic nitrogens is 2. The highest BCUT2D eigenvalue weighted by Crippen LogP contribution is 2.28. The predicted molar refractivity (Wildman–Crippen MR) is 99.4 cm³/mol. The summed E-state index contributed by atoms with van der Waals surface area (Å²) in [6, 6.07) is 6.47. The Labute approximate surface area is 155 Å². The number of hydrogen-bond acceptors (Lipinski definition) is 6. The van der Waals surface area contributed by atoms with E-state index in [1.54, 1.807) is 24.3 Å². The maximum absolute atomic E-state index is 12.5. The molecule has 3 amide bonds. The van der Waals surface area contributed by atoms with Crippen LogP contribution < -0.4 is 10.2 Å². The number of imide groups is 1. The van der Waals surface area contributed by atoms with E-state index in [0.29, 0.717) is 22.3 Å². The summed E-state index contributed by atoms with van der Waals surface area (Å²) in [7, 11) is 0. The number of nitrogens with zero attached hydrogens (tertiary/aromatic N) is 3. The summed E-state index contributed by atoms with van der Waals surface area (Å²) in [4.78, 5) is 37.4. The lowest BCUT2D eigenvalue weighted by molar-refractivity contribution is -0.121. The Morgan fingerprint density at radius 1 is 1.19 bits per heavy atom. The van der Waals surface area contributed by atoms with Crippen molar-refractivity contribution in [2.45, 2.75) is 45.4 Å². The van der Waals surface area contributed by atoms with Crippen molar-refractivity contribution >= 4 is 39.9 Å². The van der Waals surface area contributed by atoms with E-state index >= 15 is 0 Å². The van der Waals surface area contributed by atoms with Gasteiger partial charge >= 0.3 is 0 Å². The molecule has 7 nitrogen and oxygen atoms in total. The molecule has 1 fully saturated rings. The number of hydrogen-bond donors (Lipinski definition) is 1. The fourth-order valence-electron chi connectivity index (χ4n) is 2.91. The second-order valence-corrected chi connectivity index (χ2v) is 7.10. The Morgan fingerprint density at radius 2 is 1.88 bits per heavy atom. The van der Waals surface area contributed by atoms with E-state index in [4.69, 9.17) is 0 Å². The molecule has 0 radical (unpaired) electrons. The fourth-order valence-corrected chi connectivity index (χ4v) is 3.91. The zero-order chi connectivity index (χ0) is 18.7. The summed E-state index contributed by atoms with van der Waals surface area (Å²) in [5.41, 5.74) is 0.773. The smallest absolute Gasteiger partial charge is 0.257 e. The van der Waals surface area contributed by atoms with Crippen LogP contribution in [0.1, 0.15) is 60.8 Å². The van der Waals surface area contributed by atoms with E-state index in [2.05, 4.69) is 29.4 Å². The zero-order valence-electron chi connectivity index (χ0n) is 14.7. The number of nitrogens with one attached hydrogen (secondary N) is 1. The summed E-state index contributed by atoms with van der Waals surface area (Å²) < 4.78 is 0. The van der Waals surface area contributed by atoms with Crippen LogP contribution in [0.25, 0.3) is 0 Å². The molecule has 0 saturated carbocycles. The van der Waals surface area contributed by atoms with Gasteiger partial charge in [-0.25, -0.2) is 0 Å². The molecule has 0 unspecified atom stereocenters. The molecule has 1 aliphatic rings. The third-order valence-electron chi connectivity index (χ3n) is 4.41. The fraction of sp³-hybridized carbons (Fsp3) is 0.389. The van der Waals surface area contributed by atoms with Crippen LogP contribution in [0, 0.1) is 0 Å². The van der Waals surface area contributed by atoms with E-state index in [9.17, 15) is 14.4 Å². The van der Waals surface area contributed by atoms with Crippen LogP contribution in [-0.4, -0.2) is 27.9 Å². The quantitative estimate of drug-likeness (QED) is 0.785. The van der Waals surface area contributed by atoms with Crippen LogP contribution in [0.15, 0.2) is 24.3 Å². The molecule has 0 bridgehead atoms. The molecule has 2 aromatic rings. The molecule has 0 aliphatic carbocycles. The highest BCUT2D eigenvalue weighted by molar-refractivity contribution is 7.15. The summed E-state index contributed by atoms with van der Waals surface area (Å²) in [5, 5.41) is 12.3. The summed E-state index contributed by atoms with van der Waals surface area (Å²) in [6.07, 6.45) is 2.36. The highest BCUT2D eigenvalue weighted by Gasteiger charge is 2.30. The Morgan fingerprint density at radius 3 is 2.54 bits per heavy atom. The zero-order valence-corrected chi connectivity index (χ0v) is 15.5. The van der Waals surface area contributed by atoms with Gasteiger partial charge in [0, 0.05) is 24.3 Å². The minimum absolute atomic E-state index is 0.207. The number of carbonyl (C=O) groups excluding carboxylic acids is 3. The van der Waals surface area contributed by atoms with Crippen LogP contribution in [0.4, 0.5) is 10.8 Å². The predicted octanol–water partition coefficient (Wildman–Crippen LogP) is 3.35. The monoisotopic (exact) mass is 372 g/mol. The van der Waals surface area contributed by atoms with Crippen molar-refractivity contribution in [2.75, 3.05) is 10.2 Å². The SMILES string of the molecule is CCC(CC)c1nnc(NC(=O)c2cccc(N3C(=O)CCC3=O)c2)s1. The molecule has 0 spiro atoms. The van der Waals surface area contributed by atoms with E-state index in [1.807, 2.05) is 0 Å². The Balaban J connectivity index is 1.75. The van der Waals surface area contributed by atoms with Crippen LogP contribution in [0.2, 0.25) is 0 Å². The van der Waals surface area contributed by atoms with Gasteiger partial charge in [0.1, 0.15) is 5.01 Å². The number of benzene rings is 1. The van der Waals surface area contributed by atoms with Gasteiger partial charge < -0.3 is 0 Å². The molecule has 3 rings (SSSR count). The molecule has 1 aromatic heterocycles. The number of amides is 3. The van der Waals surface area contributed by atoms with E-state index in [1.165, 1.54) is 11.3 Å². The third-order valence-corrected chi connectivity index (χ3v) is 5.42. The van der Waals surface area contributed by atoms with Crippen molar-refractivity contribution in [1.82, 2.24) is 10.2 Å². The highest BCUT2D eigenvalue weighted by atomic mass is 32.1. The van der Waals surface area contributed by atoms with Crippen molar-refractivity contribution in [3.63, 3.8) is 0 Å². The largest absolute Gasteiger partial charge is 0.296 e. The Bertz CT molecular complexity index is 828. The molecule has 1 aliphatic heterocycles. The van der Waals surface area contributed by atoms with Crippen molar-refractivity contribution in [2.24, 2.45) is 0 Å². The second kappa shape index (κ2) is 7.74. The number of carbonyl (C=O) groups is 3. The van der Waals surface area contributed by atoms with Gasteiger partial charge in [0.25, 0.3) is 5.91 Å². The van der Waals surface area contributed by atoms with Crippen LogP contribution in [0.3, 0.4) is 0 Å². The number of anilines is 2. The lowest BCUT2D eigenvalue weighted by Gasteiger charge is -2.14. The van der Waals surface area contributed by atoms with Crippen LogP contribution in [0.5, 0.6) is 0 Å². The second-order valence-electron chi connectivity index (χ2n) is 6.09. The lowest BCUT2D eigenvalue weighted by atomic mass is 10.1.